The standard InChI is InChI=1S/C68H101N15O13/c1-95-35-36-96-34-14-29-75-32-28-60(88)78-53(40-47-24-26-50(84)27-25-47)57(85)41-49(38-45-17-7-3-8-18-45)63(91)81-54(39-46-19-9-4-10-20-46)58(86)42-48(37-44-15-5-2-6-16-44)62(90)80-52(22-12-31-77-68(73)74)66(94)83-33-13-23-56(83)65(93)79-51(21-11-30-76-67(71)72)64(92)82-55(61(70)89)43-59(69)87/h2-3,5-8,15-18,24-27,46,48-49,51-56,75,84H,4,9-14,19-23,28-43H2,1H3,(H2,69,87)(H2,70,89)(H,78,88)(H,79,93)(H,80,90)(H,81,91)(H,82,92)(H4,71,72,76)(H4,73,74,77)/t48-,49-,51+,52+,53+,54+,55+,56+/m1/s1. The second kappa shape index (κ2) is 42.4. The number of Topliss-reactive ketones (excluding diaryl/α,β-unsaturated/α-hetero) is 2. The molecule has 0 bridgehead atoms. The van der Waals surface area contributed by atoms with E-state index in [1.54, 1.807) is 49.6 Å². The molecule has 1 aliphatic heterocycles. The Kier molecular flexibility index (Phi) is 34.3. The number of amides is 8. The average Bonchev–Trinajstić information content (AvgIpc) is 1.56. The van der Waals surface area contributed by atoms with Crippen LogP contribution >= 0.6 is 0 Å². The van der Waals surface area contributed by atoms with Gasteiger partial charge in [0, 0.05) is 71.0 Å². The molecule has 1 aliphatic carbocycles. The van der Waals surface area contributed by atoms with Gasteiger partial charge < -0.3 is 84.9 Å². The molecule has 3 aromatic carbocycles. The highest BCUT2D eigenvalue weighted by atomic mass is 16.5. The largest absolute Gasteiger partial charge is 0.508 e. The van der Waals surface area contributed by atoms with Crippen molar-refractivity contribution in [1.29, 1.82) is 10.8 Å². The minimum Gasteiger partial charge on any atom is -0.508 e. The number of ketones is 2. The number of likely N-dealkylation sites (tertiary alicyclic amines) is 1. The van der Waals surface area contributed by atoms with E-state index in [2.05, 4.69) is 42.5 Å². The van der Waals surface area contributed by atoms with Crippen LogP contribution < -0.4 is 65.5 Å². The molecular weight excluding hydrogens is 1230 g/mol. The quantitative estimate of drug-likeness (QED) is 0.0212. The lowest BCUT2D eigenvalue weighted by atomic mass is 9.82. The number of nitrogens with one attached hydrogen (secondary N) is 10. The molecule has 3 aromatic rings. The van der Waals surface area contributed by atoms with Gasteiger partial charge in [0.1, 0.15) is 29.9 Å². The van der Waals surface area contributed by atoms with Crippen molar-refractivity contribution in [3.8, 4) is 5.75 Å². The van der Waals surface area contributed by atoms with E-state index in [0.717, 1.165) is 37.7 Å². The fourth-order valence-corrected chi connectivity index (χ4v) is 12.0. The van der Waals surface area contributed by atoms with Gasteiger partial charge in [-0.2, -0.15) is 0 Å². The SMILES string of the molecule is COCCOCCCNCCC(=O)N[C@@H](Cc1ccc(O)cc1)C(=O)C[C@@H](Cc1ccccc1)C(=O)N[C@@H](CC1CCCCC1)C(=O)C[C@@H](Cc1ccccc1)C(=O)N[C@@H](CCCNC(=N)N)C(=O)N1CCC[C@H]1C(=O)N[C@@H](CCCNC(=N)N)C(=O)N[C@@H](CC(N)=O)C(N)=O. The molecule has 2 aliphatic rings. The molecule has 28 heteroatoms. The lowest BCUT2D eigenvalue weighted by Gasteiger charge is -2.31. The summed E-state index contributed by atoms with van der Waals surface area (Å²) in [5.41, 5.74) is 23.9. The highest BCUT2D eigenvalue weighted by Crippen LogP contribution is 2.30. The molecule has 0 radical (unpaired) electrons. The third kappa shape index (κ3) is 28.9. The van der Waals surface area contributed by atoms with Crippen molar-refractivity contribution in [3.05, 3.63) is 102 Å². The van der Waals surface area contributed by atoms with Crippen LogP contribution in [0.5, 0.6) is 5.75 Å². The Morgan fingerprint density at radius 1 is 0.552 bits per heavy atom. The minimum atomic E-state index is -1.50. The first-order valence-corrected chi connectivity index (χ1v) is 33.3. The second-order valence-corrected chi connectivity index (χ2v) is 24.8. The van der Waals surface area contributed by atoms with Gasteiger partial charge in [0.2, 0.25) is 47.3 Å². The molecule has 526 valence electrons. The van der Waals surface area contributed by atoms with Crippen LogP contribution in [0.1, 0.15) is 126 Å². The van der Waals surface area contributed by atoms with Crippen molar-refractivity contribution < 1.29 is 62.5 Å². The molecule has 0 spiro atoms. The number of phenolic OH excluding ortho intramolecular Hbond substituents is 1. The maximum Gasteiger partial charge on any atom is 0.245 e. The molecule has 2 fully saturated rings. The Morgan fingerprint density at radius 3 is 1.67 bits per heavy atom. The molecule has 28 nitrogen and oxygen atoms in total. The smallest absolute Gasteiger partial charge is 0.245 e. The van der Waals surface area contributed by atoms with Gasteiger partial charge in [-0.05, 0) is 112 Å². The molecule has 0 unspecified atom stereocenters. The minimum absolute atomic E-state index is 0.0185. The summed E-state index contributed by atoms with van der Waals surface area (Å²) in [7, 11) is 1.60. The van der Waals surface area contributed by atoms with Crippen molar-refractivity contribution in [1.82, 2.24) is 47.4 Å². The number of carbonyl (C=O) groups excluding carboxylic acids is 10. The Balaban J connectivity index is 1.42. The van der Waals surface area contributed by atoms with E-state index in [1.807, 2.05) is 30.3 Å². The molecule has 96 heavy (non-hydrogen) atoms. The fourth-order valence-electron chi connectivity index (χ4n) is 12.0. The summed E-state index contributed by atoms with van der Waals surface area (Å²) in [4.78, 5) is 142. The average molecular weight is 1340 g/mol. The maximum atomic E-state index is 15.3. The van der Waals surface area contributed by atoms with Crippen LogP contribution in [0, 0.1) is 28.6 Å². The number of primary amides is 2. The van der Waals surface area contributed by atoms with Crippen LogP contribution in [-0.2, 0) is 76.7 Å². The first kappa shape index (κ1) is 77.7. The molecule has 1 saturated heterocycles. The third-order valence-corrected chi connectivity index (χ3v) is 17.1. The van der Waals surface area contributed by atoms with Gasteiger partial charge in [0.25, 0.3) is 0 Å². The first-order chi connectivity index (χ1) is 46.1. The maximum absolute atomic E-state index is 15.3. The van der Waals surface area contributed by atoms with Crippen molar-refractivity contribution in [2.45, 2.75) is 165 Å². The first-order valence-electron chi connectivity index (χ1n) is 33.3. The number of hydrogen-bond donors (Lipinski definition) is 15. The Morgan fingerprint density at radius 2 is 1.10 bits per heavy atom. The summed E-state index contributed by atoms with van der Waals surface area (Å²) in [6.45, 7) is 2.71. The van der Waals surface area contributed by atoms with E-state index >= 15 is 19.2 Å². The Hall–Kier alpha value is -9.02. The number of rotatable bonds is 45. The summed E-state index contributed by atoms with van der Waals surface area (Å²) in [5.74, 6) is -9.50. The van der Waals surface area contributed by atoms with Crippen LogP contribution in [0.2, 0.25) is 0 Å². The highest BCUT2D eigenvalue weighted by Gasteiger charge is 2.41. The lowest BCUT2D eigenvalue weighted by Crippen LogP contribution is -2.58. The summed E-state index contributed by atoms with van der Waals surface area (Å²) in [5, 5.41) is 47.9. The number of benzene rings is 3. The third-order valence-electron chi connectivity index (χ3n) is 17.1. The van der Waals surface area contributed by atoms with Crippen molar-refractivity contribution >= 4 is 70.7 Å². The van der Waals surface area contributed by atoms with E-state index in [1.165, 1.54) is 17.0 Å². The fraction of sp³-hybridized carbons (Fsp3) is 0.559. The number of nitrogens with two attached hydrogens (primary N) is 4. The van der Waals surface area contributed by atoms with Crippen molar-refractivity contribution in [2.24, 2.45) is 40.7 Å². The number of aromatic hydroxyl groups is 1. The highest BCUT2D eigenvalue weighted by molar-refractivity contribution is 5.98. The van der Waals surface area contributed by atoms with Crippen LogP contribution in [-0.4, -0.2) is 177 Å². The number of carbonyl (C=O) groups is 10. The Labute approximate surface area is 561 Å². The molecular formula is C68H101N15O13. The number of phenols is 1. The monoisotopic (exact) mass is 1340 g/mol. The number of hydrogen-bond acceptors (Lipinski definition) is 16. The molecule has 1 saturated carbocycles. The van der Waals surface area contributed by atoms with Crippen LogP contribution in [0.25, 0.3) is 0 Å². The number of methoxy groups -OCH3 is 1. The molecule has 8 atom stereocenters. The lowest BCUT2D eigenvalue weighted by molar-refractivity contribution is -0.143. The zero-order valence-corrected chi connectivity index (χ0v) is 55.2. The molecule has 5 rings (SSSR count). The van der Waals surface area contributed by atoms with E-state index in [-0.39, 0.29) is 126 Å². The molecule has 0 aromatic heterocycles. The van der Waals surface area contributed by atoms with Crippen molar-refractivity contribution in [2.75, 3.05) is 59.7 Å². The molecule has 8 amide bonds. The van der Waals surface area contributed by atoms with E-state index in [4.69, 9.17) is 43.2 Å². The van der Waals surface area contributed by atoms with Gasteiger partial charge in [-0.1, -0.05) is 105 Å². The molecule has 1 heterocycles. The van der Waals surface area contributed by atoms with E-state index < -0.39 is 107 Å². The topological polar surface area (TPSA) is 461 Å². The van der Waals surface area contributed by atoms with Crippen LogP contribution in [0.4, 0.5) is 0 Å². The van der Waals surface area contributed by atoms with E-state index in [9.17, 15) is 33.9 Å². The predicted molar refractivity (Wildman–Crippen MR) is 360 cm³/mol. The Bertz CT molecular complexity index is 3010. The van der Waals surface area contributed by atoms with Gasteiger partial charge in [-0.25, -0.2) is 0 Å². The number of guanidine groups is 2. The number of nitrogens with zero attached hydrogens (tertiary/aromatic N) is 1. The van der Waals surface area contributed by atoms with Crippen LogP contribution in [0.3, 0.4) is 0 Å². The van der Waals surface area contributed by atoms with Gasteiger partial charge in [-0.3, -0.25) is 58.8 Å². The van der Waals surface area contributed by atoms with Crippen LogP contribution in [0.15, 0.2) is 84.9 Å². The van der Waals surface area contributed by atoms with Gasteiger partial charge >= 0.3 is 0 Å². The van der Waals surface area contributed by atoms with E-state index in [0.29, 0.717) is 56.9 Å². The normalized spacial score (nSPS) is 16.0. The zero-order chi connectivity index (χ0) is 69.8. The van der Waals surface area contributed by atoms with Gasteiger partial charge in [0.05, 0.1) is 31.7 Å². The van der Waals surface area contributed by atoms with Crippen molar-refractivity contribution in [3.63, 3.8) is 0 Å². The summed E-state index contributed by atoms with van der Waals surface area (Å²) < 4.78 is 10.5. The summed E-state index contributed by atoms with van der Waals surface area (Å²) in [6.07, 6.45) is 5.13. The summed E-state index contributed by atoms with van der Waals surface area (Å²) in [6, 6.07) is 16.9. The van der Waals surface area contributed by atoms with Gasteiger partial charge in [0.15, 0.2) is 23.5 Å². The van der Waals surface area contributed by atoms with Gasteiger partial charge in [-0.15, -0.1) is 0 Å². The molecule has 19 N–H and O–H groups in total. The second-order valence-electron chi connectivity index (χ2n) is 24.8. The number of ether oxygens (including phenoxy) is 2. The predicted octanol–water partition coefficient (Wildman–Crippen LogP) is 0.876. The zero-order valence-electron chi connectivity index (χ0n) is 55.2. The summed E-state index contributed by atoms with van der Waals surface area (Å²) >= 11 is 0.